The Bertz CT molecular complexity index is 999. The standard InChI is InChI=1S/C20H17N3O4/c1-26-17-7-5-15(6-8-17)12-23-19(25)16(13-24)11-18(22-23)27-20(14-21)9-3-2-4-10-20/h2-9,11,13H,10,12H2,1H3. The molecule has 27 heavy (non-hydrogen) atoms. The Morgan fingerprint density at radius 1 is 1.33 bits per heavy atom. The van der Waals surface area contributed by atoms with Gasteiger partial charge in [-0.2, -0.15) is 5.26 Å². The van der Waals surface area contributed by atoms with Crippen LogP contribution in [0.15, 0.2) is 59.4 Å². The first kappa shape index (κ1) is 18.1. The number of aromatic nitrogens is 2. The van der Waals surface area contributed by atoms with Gasteiger partial charge in [0.25, 0.3) is 5.56 Å². The zero-order chi connectivity index (χ0) is 19.3. The number of benzene rings is 1. The van der Waals surface area contributed by atoms with Gasteiger partial charge in [0.1, 0.15) is 11.8 Å². The smallest absolute Gasteiger partial charge is 0.277 e. The predicted octanol–water partition coefficient (Wildman–Crippen LogP) is 2.27. The second-order valence-electron chi connectivity index (χ2n) is 5.96. The monoisotopic (exact) mass is 363 g/mol. The quantitative estimate of drug-likeness (QED) is 0.731. The van der Waals surface area contributed by atoms with E-state index in [0.29, 0.717) is 18.5 Å². The molecule has 0 radical (unpaired) electrons. The van der Waals surface area contributed by atoms with E-state index in [2.05, 4.69) is 11.2 Å². The third-order valence-electron chi connectivity index (χ3n) is 4.11. The summed E-state index contributed by atoms with van der Waals surface area (Å²) in [5.41, 5.74) is -1.03. The molecule has 0 bridgehead atoms. The maximum atomic E-state index is 12.4. The van der Waals surface area contributed by atoms with E-state index in [1.807, 2.05) is 6.08 Å². The highest BCUT2D eigenvalue weighted by Crippen LogP contribution is 2.24. The number of allylic oxidation sites excluding steroid dienone is 2. The number of hydrogen-bond acceptors (Lipinski definition) is 6. The summed E-state index contributed by atoms with van der Waals surface area (Å²) in [4.78, 5) is 23.7. The van der Waals surface area contributed by atoms with Gasteiger partial charge in [-0.3, -0.25) is 9.59 Å². The van der Waals surface area contributed by atoms with Gasteiger partial charge in [-0.25, -0.2) is 4.68 Å². The van der Waals surface area contributed by atoms with Crippen LogP contribution in [-0.4, -0.2) is 28.8 Å². The molecule has 1 aliphatic carbocycles. The molecular formula is C20H17N3O4. The van der Waals surface area contributed by atoms with Crippen molar-refractivity contribution < 1.29 is 14.3 Å². The lowest BCUT2D eigenvalue weighted by Gasteiger charge is -2.24. The molecule has 1 aromatic heterocycles. The zero-order valence-corrected chi connectivity index (χ0v) is 14.7. The summed E-state index contributed by atoms with van der Waals surface area (Å²) in [5.74, 6) is 0.726. The molecule has 7 heteroatoms. The van der Waals surface area contributed by atoms with Crippen LogP contribution in [0.4, 0.5) is 0 Å². The van der Waals surface area contributed by atoms with Crippen LogP contribution in [0.25, 0.3) is 0 Å². The minimum absolute atomic E-state index is 0.0340. The first-order chi connectivity index (χ1) is 13.1. The van der Waals surface area contributed by atoms with Crippen LogP contribution < -0.4 is 15.0 Å². The van der Waals surface area contributed by atoms with Gasteiger partial charge in [-0.1, -0.05) is 30.4 Å². The normalized spacial score (nSPS) is 17.9. The molecule has 0 N–H and O–H groups in total. The SMILES string of the molecule is COc1ccc(Cn2nc(OC3(C#N)C=CC=CC3)cc(C=O)c2=O)cc1. The Balaban J connectivity index is 1.94. The lowest BCUT2D eigenvalue weighted by molar-refractivity contribution is 0.111. The zero-order valence-electron chi connectivity index (χ0n) is 14.7. The molecule has 136 valence electrons. The topological polar surface area (TPSA) is 94.2 Å². The van der Waals surface area contributed by atoms with Crippen molar-refractivity contribution in [1.29, 1.82) is 5.26 Å². The fourth-order valence-electron chi connectivity index (χ4n) is 2.65. The van der Waals surface area contributed by atoms with E-state index in [4.69, 9.17) is 9.47 Å². The van der Waals surface area contributed by atoms with E-state index in [1.165, 1.54) is 6.07 Å². The van der Waals surface area contributed by atoms with Gasteiger partial charge in [0.2, 0.25) is 11.5 Å². The first-order valence-electron chi connectivity index (χ1n) is 8.24. The number of nitrogens with zero attached hydrogens (tertiary/aromatic N) is 3. The van der Waals surface area contributed by atoms with Crippen molar-refractivity contribution in [3.8, 4) is 17.7 Å². The molecule has 0 saturated carbocycles. The van der Waals surface area contributed by atoms with E-state index in [0.717, 1.165) is 10.2 Å². The summed E-state index contributed by atoms with van der Waals surface area (Å²) in [7, 11) is 1.57. The summed E-state index contributed by atoms with van der Waals surface area (Å²) in [5, 5.41) is 13.7. The number of carbonyl (C=O) groups is 1. The molecular weight excluding hydrogens is 346 g/mol. The maximum Gasteiger partial charge on any atom is 0.277 e. The van der Waals surface area contributed by atoms with Crippen LogP contribution in [0.5, 0.6) is 11.6 Å². The van der Waals surface area contributed by atoms with Crippen LogP contribution in [0.1, 0.15) is 22.3 Å². The summed E-state index contributed by atoms with van der Waals surface area (Å²) in [6.07, 6.45) is 7.74. The Labute approximate surface area is 155 Å². The molecule has 1 unspecified atom stereocenters. The molecule has 3 rings (SSSR count). The van der Waals surface area contributed by atoms with E-state index >= 15 is 0 Å². The van der Waals surface area contributed by atoms with Crippen LogP contribution in [0.3, 0.4) is 0 Å². The van der Waals surface area contributed by atoms with Crippen molar-refractivity contribution in [2.75, 3.05) is 7.11 Å². The number of hydrogen-bond donors (Lipinski definition) is 0. The van der Waals surface area contributed by atoms with Crippen molar-refractivity contribution >= 4 is 6.29 Å². The molecule has 7 nitrogen and oxygen atoms in total. The summed E-state index contributed by atoms with van der Waals surface area (Å²) in [6, 6.07) is 10.5. The van der Waals surface area contributed by atoms with Gasteiger partial charge >= 0.3 is 0 Å². The number of methoxy groups -OCH3 is 1. The fourth-order valence-corrected chi connectivity index (χ4v) is 2.65. The molecule has 1 heterocycles. The molecule has 0 spiro atoms. The molecule has 0 amide bonds. The second kappa shape index (κ2) is 7.70. The van der Waals surface area contributed by atoms with Gasteiger partial charge in [0.05, 0.1) is 19.2 Å². The lowest BCUT2D eigenvalue weighted by atomic mass is 9.97. The van der Waals surface area contributed by atoms with Gasteiger partial charge in [0.15, 0.2) is 6.29 Å². The van der Waals surface area contributed by atoms with Gasteiger partial charge < -0.3 is 9.47 Å². The van der Waals surface area contributed by atoms with Crippen LogP contribution in [0, 0.1) is 11.3 Å². The maximum absolute atomic E-state index is 12.4. The predicted molar refractivity (Wildman–Crippen MR) is 97.8 cm³/mol. The average Bonchev–Trinajstić information content (AvgIpc) is 2.71. The lowest BCUT2D eigenvalue weighted by Crippen LogP contribution is -2.34. The van der Waals surface area contributed by atoms with E-state index in [-0.39, 0.29) is 18.0 Å². The van der Waals surface area contributed by atoms with Crippen LogP contribution in [-0.2, 0) is 6.54 Å². The highest BCUT2D eigenvalue weighted by Gasteiger charge is 2.30. The number of rotatable bonds is 6. The number of carbonyl (C=O) groups excluding carboxylic acids is 1. The highest BCUT2D eigenvalue weighted by molar-refractivity contribution is 5.74. The van der Waals surface area contributed by atoms with Crippen molar-refractivity contribution in [2.45, 2.75) is 18.6 Å². The minimum atomic E-state index is -1.22. The van der Waals surface area contributed by atoms with Crippen molar-refractivity contribution in [3.63, 3.8) is 0 Å². The molecule has 1 aromatic carbocycles. The van der Waals surface area contributed by atoms with E-state index < -0.39 is 11.2 Å². The van der Waals surface area contributed by atoms with E-state index in [1.54, 1.807) is 49.6 Å². The van der Waals surface area contributed by atoms with Gasteiger partial charge in [-0.15, -0.1) is 5.10 Å². The summed E-state index contributed by atoms with van der Waals surface area (Å²) in [6.45, 7) is 0.149. The minimum Gasteiger partial charge on any atom is -0.497 e. The number of ether oxygens (including phenoxy) is 2. The largest absolute Gasteiger partial charge is 0.497 e. The molecule has 2 aromatic rings. The fraction of sp³-hybridized carbons (Fsp3) is 0.200. The van der Waals surface area contributed by atoms with Crippen LogP contribution >= 0.6 is 0 Å². The van der Waals surface area contributed by atoms with E-state index in [9.17, 15) is 14.9 Å². The average molecular weight is 363 g/mol. The number of aldehydes is 1. The number of nitriles is 1. The Morgan fingerprint density at radius 2 is 2.11 bits per heavy atom. The van der Waals surface area contributed by atoms with Crippen molar-refractivity contribution in [3.05, 3.63) is 76.1 Å². The third-order valence-corrected chi connectivity index (χ3v) is 4.11. The second-order valence-corrected chi connectivity index (χ2v) is 5.96. The Morgan fingerprint density at radius 3 is 2.70 bits per heavy atom. The van der Waals surface area contributed by atoms with Crippen LogP contribution in [0.2, 0.25) is 0 Å². The van der Waals surface area contributed by atoms with Gasteiger partial charge in [-0.05, 0) is 23.8 Å². The highest BCUT2D eigenvalue weighted by atomic mass is 16.5. The Hall–Kier alpha value is -3.66. The first-order valence-corrected chi connectivity index (χ1v) is 8.24. The molecule has 0 saturated heterocycles. The van der Waals surface area contributed by atoms with Gasteiger partial charge in [0, 0.05) is 12.5 Å². The van der Waals surface area contributed by atoms with Crippen molar-refractivity contribution in [1.82, 2.24) is 9.78 Å². The molecule has 1 aliphatic rings. The third kappa shape index (κ3) is 3.96. The summed E-state index contributed by atoms with van der Waals surface area (Å²) >= 11 is 0. The molecule has 1 atom stereocenters. The van der Waals surface area contributed by atoms with Crippen molar-refractivity contribution in [2.24, 2.45) is 0 Å². The Kier molecular flexibility index (Phi) is 5.18. The molecule has 0 aliphatic heterocycles. The molecule has 0 fully saturated rings. The summed E-state index contributed by atoms with van der Waals surface area (Å²) < 4.78 is 12.0.